The molecule has 0 saturated carbocycles. The van der Waals surface area contributed by atoms with Crippen LogP contribution in [0.5, 0.6) is 0 Å². The van der Waals surface area contributed by atoms with Crippen molar-refractivity contribution in [2.75, 3.05) is 26.7 Å². The summed E-state index contributed by atoms with van der Waals surface area (Å²) in [6, 6.07) is 6.75. The molecule has 1 aromatic heterocycles. The van der Waals surface area contributed by atoms with E-state index in [0.717, 1.165) is 30.9 Å². The van der Waals surface area contributed by atoms with Gasteiger partial charge in [-0.15, -0.1) is 11.3 Å². The van der Waals surface area contributed by atoms with E-state index in [1.807, 2.05) is 11.3 Å². The van der Waals surface area contributed by atoms with Gasteiger partial charge in [0, 0.05) is 24.7 Å². The summed E-state index contributed by atoms with van der Waals surface area (Å²) in [6.07, 6.45) is 4.93. The molecule has 4 rings (SSSR count). The number of rotatable bonds is 2. The quantitative estimate of drug-likeness (QED) is 0.821. The molecule has 2 aliphatic heterocycles. The number of benzene rings is 1. The number of fused-ring (bicyclic) bond motifs is 1. The maximum Gasteiger partial charge on any atom is 0.0982 e. The zero-order valence-corrected chi connectivity index (χ0v) is 14.9. The van der Waals surface area contributed by atoms with Crippen LogP contribution in [0.15, 0.2) is 23.2 Å². The number of thiazole rings is 1. The minimum atomic E-state index is 0.613. The molecule has 2 aliphatic rings. The highest BCUT2D eigenvalue weighted by molar-refractivity contribution is 7.18. The normalized spacial score (nSPS) is 26.4. The number of piperidine rings is 1. The predicted octanol–water partition coefficient (Wildman–Crippen LogP) is 4.32. The Labute approximate surface area is 142 Å². The van der Waals surface area contributed by atoms with Crippen LogP contribution in [0.1, 0.15) is 49.1 Å². The zero-order valence-electron chi connectivity index (χ0n) is 14.1. The predicted molar refractivity (Wildman–Crippen MR) is 98.9 cm³/mol. The van der Waals surface area contributed by atoms with E-state index in [4.69, 9.17) is 9.98 Å². The van der Waals surface area contributed by atoms with E-state index in [9.17, 15) is 0 Å². The lowest BCUT2D eigenvalue weighted by Crippen LogP contribution is -2.30. The number of aliphatic imine (C=N–C) groups is 1. The van der Waals surface area contributed by atoms with Crippen LogP contribution in [-0.4, -0.2) is 42.3 Å². The molecule has 1 saturated heterocycles. The minimum absolute atomic E-state index is 0.613. The fourth-order valence-corrected chi connectivity index (χ4v) is 4.80. The van der Waals surface area contributed by atoms with Crippen molar-refractivity contribution in [2.45, 2.75) is 38.5 Å². The van der Waals surface area contributed by atoms with Crippen LogP contribution in [0.4, 0.5) is 0 Å². The van der Waals surface area contributed by atoms with E-state index in [1.54, 1.807) is 0 Å². The highest BCUT2D eigenvalue weighted by Crippen LogP contribution is 2.33. The Bertz CT molecular complexity index is 733. The fraction of sp³-hybridized carbons (Fsp3) is 0.579. The Hall–Kier alpha value is -1.26. The molecule has 2 aromatic rings. The van der Waals surface area contributed by atoms with Crippen molar-refractivity contribution in [3.05, 3.63) is 28.8 Å². The smallest absolute Gasteiger partial charge is 0.0982 e. The fourth-order valence-electron chi connectivity index (χ4n) is 3.72. The van der Waals surface area contributed by atoms with Gasteiger partial charge in [-0.25, -0.2) is 4.98 Å². The van der Waals surface area contributed by atoms with Gasteiger partial charge in [-0.1, -0.05) is 13.0 Å². The van der Waals surface area contributed by atoms with Crippen LogP contribution in [0.3, 0.4) is 0 Å². The first-order valence-corrected chi connectivity index (χ1v) is 9.63. The molecule has 0 spiro atoms. The van der Waals surface area contributed by atoms with Crippen LogP contribution in [-0.2, 0) is 0 Å². The summed E-state index contributed by atoms with van der Waals surface area (Å²) < 4.78 is 1.32. The molecule has 0 N–H and O–H groups in total. The van der Waals surface area contributed by atoms with Crippen molar-refractivity contribution in [3.8, 4) is 0 Å². The van der Waals surface area contributed by atoms with Gasteiger partial charge >= 0.3 is 0 Å². The number of likely N-dealkylation sites (N-methyl/N-ethyl adjacent to an activating group) is 1. The molecule has 1 unspecified atom stereocenters. The molecule has 0 aliphatic carbocycles. The first-order valence-electron chi connectivity index (χ1n) is 8.82. The Morgan fingerprint density at radius 1 is 1.26 bits per heavy atom. The van der Waals surface area contributed by atoms with E-state index < -0.39 is 0 Å². The lowest BCUT2D eigenvalue weighted by Gasteiger charge is -2.28. The van der Waals surface area contributed by atoms with Crippen LogP contribution in [0.25, 0.3) is 10.2 Å². The number of hydrogen-bond acceptors (Lipinski definition) is 4. The molecule has 122 valence electrons. The second-order valence-electron chi connectivity index (χ2n) is 7.27. The molecule has 0 amide bonds. The number of likely N-dealkylation sites (tertiary alicyclic amines) is 1. The number of hydrogen-bond donors (Lipinski definition) is 0. The molecule has 1 aromatic carbocycles. The molecule has 3 nitrogen and oxygen atoms in total. The standard InChI is InChI=1S/C19H25N3S/c1-13-5-7-16(20-11-13)14-6-8-18-17(10-14)21-19(23-18)15-4-3-9-22(2)12-15/h6,8,10,13,15H,3-5,7,9,11-12H2,1-2H3/t13-,15?/m0/s1. The first kappa shape index (κ1) is 15.3. The Kier molecular flexibility index (Phi) is 4.20. The van der Waals surface area contributed by atoms with Crippen LogP contribution in [0.2, 0.25) is 0 Å². The summed E-state index contributed by atoms with van der Waals surface area (Å²) in [4.78, 5) is 12.2. The van der Waals surface area contributed by atoms with Crippen molar-refractivity contribution in [3.63, 3.8) is 0 Å². The van der Waals surface area contributed by atoms with Crippen molar-refractivity contribution >= 4 is 27.3 Å². The Morgan fingerprint density at radius 2 is 2.17 bits per heavy atom. The third-order valence-electron chi connectivity index (χ3n) is 5.18. The average molecular weight is 327 g/mol. The summed E-state index contributed by atoms with van der Waals surface area (Å²) in [6.45, 7) is 5.64. The maximum absolute atomic E-state index is 4.98. The van der Waals surface area contributed by atoms with Crippen LogP contribution >= 0.6 is 11.3 Å². The summed E-state index contributed by atoms with van der Waals surface area (Å²) >= 11 is 1.88. The van der Waals surface area contributed by atoms with Crippen LogP contribution in [0, 0.1) is 5.92 Å². The summed E-state index contributed by atoms with van der Waals surface area (Å²) in [5.74, 6) is 1.35. The highest BCUT2D eigenvalue weighted by atomic mass is 32.1. The Morgan fingerprint density at radius 3 is 2.96 bits per heavy atom. The minimum Gasteiger partial charge on any atom is -0.306 e. The van der Waals surface area contributed by atoms with E-state index in [0.29, 0.717) is 5.92 Å². The summed E-state index contributed by atoms with van der Waals surface area (Å²) in [5.41, 5.74) is 3.72. The van der Waals surface area contributed by atoms with E-state index >= 15 is 0 Å². The molecule has 4 heteroatoms. The van der Waals surface area contributed by atoms with Crippen LogP contribution < -0.4 is 0 Å². The third kappa shape index (κ3) is 3.20. The van der Waals surface area contributed by atoms with Gasteiger partial charge in [-0.3, -0.25) is 4.99 Å². The van der Waals surface area contributed by atoms with Gasteiger partial charge in [-0.05, 0) is 62.9 Å². The average Bonchev–Trinajstić information content (AvgIpc) is 2.99. The summed E-state index contributed by atoms with van der Waals surface area (Å²) in [7, 11) is 2.22. The van der Waals surface area contributed by atoms with Gasteiger partial charge < -0.3 is 4.90 Å². The highest BCUT2D eigenvalue weighted by Gasteiger charge is 2.22. The topological polar surface area (TPSA) is 28.5 Å². The maximum atomic E-state index is 4.98. The SMILES string of the molecule is C[C@H]1CCC(c2ccc3sc(C4CCCN(C)C4)nc3c2)=NC1. The lowest BCUT2D eigenvalue weighted by molar-refractivity contribution is 0.250. The van der Waals surface area contributed by atoms with E-state index in [-0.39, 0.29) is 0 Å². The zero-order chi connectivity index (χ0) is 15.8. The second kappa shape index (κ2) is 6.33. The first-order chi connectivity index (χ1) is 11.2. The van der Waals surface area contributed by atoms with Gasteiger partial charge in [0.2, 0.25) is 0 Å². The Balaban J connectivity index is 1.62. The van der Waals surface area contributed by atoms with Crippen molar-refractivity contribution < 1.29 is 0 Å². The number of aromatic nitrogens is 1. The molecule has 23 heavy (non-hydrogen) atoms. The van der Waals surface area contributed by atoms with Gasteiger partial charge in [-0.2, -0.15) is 0 Å². The monoisotopic (exact) mass is 327 g/mol. The van der Waals surface area contributed by atoms with Crippen molar-refractivity contribution in [2.24, 2.45) is 10.9 Å². The second-order valence-corrected chi connectivity index (χ2v) is 8.33. The van der Waals surface area contributed by atoms with E-state index in [1.165, 1.54) is 46.8 Å². The van der Waals surface area contributed by atoms with Crippen molar-refractivity contribution in [1.82, 2.24) is 9.88 Å². The summed E-state index contributed by atoms with van der Waals surface area (Å²) in [5, 5.41) is 1.32. The van der Waals surface area contributed by atoms with E-state index in [2.05, 4.69) is 37.1 Å². The number of nitrogens with zero attached hydrogens (tertiary/aromatic N) is 3. The molecule has 0 bridgehead atoms. The van der Waals surface area contributed by atoms with Gasteiger partial charge in [0.15, 0.2) is 0 Å². The largest absolute Gasteiger partial charge is 0.306 e. The molecular formula is C19H25N3S. The van der Waals surface area contributed by atoms with Gasteiger partial charge in [0.25, 0.3) is 0 Å². The van der Waals surface area contributed by atoms with Crippen molar-refractivity contribution in [1.29, 1.82) is 0 Å². The molecule has 3 heterocycles. The third-order valence-corrected chi connectivity index (χ3v) is 6.38. The lowest BCUT2D eigenvalue weighted by atomic mass is 9.96. The molecule has 2 atom stereocenters. The van der Waals surface area contributed by atoms with Gasteiger partial charge in [0.1, 0.15) is 0 Å². The molecular weight excluding hydrogens is 302 g/mol. The molecule has 1 fully saturated rings. The van der Waals surface area contributed by atoms with Gasteiger partial charge in [0.05, 0.1) is 15.2 Å². The molecule has 0 radical (unpaired) electrons.